The zero-order valence-corrected chi connectivity index (χ0v) is 7.54. The highest BCUT2D eigenvalue weighted by molar-refractivity contribution is 5.90. The lowest BCUT2D eigenvalue weighted by Crippen LogP contribution is -2.07. The topological polar surface area (TPSA) is 70.3 Å². The van der Waals surface area contributed by atoms with Crippen molar-refractivity contribution < 1.29 is 23.4 Å². The molecule has 0 amide bonds. The van der Waals surface area contributed by atoms with E-state index in [2.05, 4.69) is 4.74 Å². The number of carbonyl (C=O) groups is 1. The number of methoxy groups -OCH3 is 1. The third kappa shape index (κ3) is 1.72. The maximum atomic E-state index is 13.1. The molecule has 0 aliphatic rings. The van der Waals surface area contributed by atoms with Gasteiger partial charge in [0.05, 0.1) is 18.2 Å². The Balaban J connectivity index is 3.50. The smallest absolute Gasteiger partial charge is 0.341 e. The molecule has 0 spiro atoms. The SMILES string of the molecule is COC(=O)c1cc(C#N)c(O)c(F)c1F. The maximum Gasteiger partial charge on any atom is 0.341 e. The number of phenols is 1. The third-order valence-corrected chi connectivity index (χ3v) is 1.71. The Morgan fingerprint density at radius 3 is 2.60 bits per heavy atom. The van der Waals surface area contributed by atoms with E-state index in [-0.39, 0.29) is 0 Å². The molecule has 0 fully saturated rings. The number of hydrogen-bond acceptors (Lipinski definition) is 4. The summed E-state index contributed by atoms with van der Waals surface area (Å²) in [7, 11) is 0.985. The van der Waals surface area contributed by atoms with Gasteiger partial charge in [-0.05, 0) is 6.07 Å². The summed E-state index contributed by atoms with van der Waals surface area (Å²) >= 11 is 0. The number of benzene rings is 1. The van der Waals surface area contributed by atoms with E-state index in [1.54, 1.807) is 0 Å². The second-order valence-corrected chi connectivity index (χ2v) is 2.55. The van der Waals surface area contributed by atoms with Crippen LogP contribution < -0.4 is 0 Å². The summed E-state index contributed by atoms with van der Waals surface area (Å²) in [5.74, 6) is -5.43. The molecular weight excluding hydrogens is 208 g/mol. The van der Waals surface area contributed by atoms with E-state index >= 15 is 0 Å². The summed E-state index contributed by atoms with van der Waals surface area (Å²) in [6, 6.07) is 2.14. The molecule has 1 rings (SSSR count). The van der Waals surface area contributed by atoms with Gasteiger partial charge in [-0.2, -0.15) is 9.65 Å². The lowest BCUT2D eigenvalue weighted by Gasteiger charge is -2.04. The summed E-state index contributed by atoms with van der Waals surface area (Å²) in [5.41, 5.74) is -1.27. The Hall–Kier alpha value is -2.16. The Morgan fingerprint density at radius 2 is 2.13 bits per heavy atom. The van der Waals surface area contributed by atoms with Crippen LogP contribution >= 0.6 is 0 Å². The van der Waals surface area contributed by atoms with Gasteiger partial charge in [-0.3, -0.25) is 0 Å². The van der Waals surface area contributed by atoms with E-state index in [0.717, 1.165) is 13.2 Å². The van der Waals surface area contributed by atoms with Gasteiger partial charge in [0.2, 0.25) is 5.82 Å². The number of nitriles is 1. The number of hydrogen-bond donors (Lipinski definition) is 1. The van der Waals surface area contributed by atoms with Crippen molar-refractivity contribution in [2.45, 2.75) is 0 Å². The molecule has 0 aromatic heterocycles. The van der Waals surface area contributed by atoms with Crippen LogP contribution in [-0.4, -0.2) is 18.2 Å². The van der Waals surface area contributed by atoms with Crippen LogP contribution in [0.25, 0.3) is 0 Å². The van der Waals surface area contributed by atoms with Crippen molar-refractivity contribution in [3.05, 3.63) is 28.8 Å². The molecule has 0 heterocycles. The van der Waals surface area contributed by atoms with E-state index in [4.69, 9.17) is 10.4 Å². The van der Waals surface area contributed by atoms with Crippen molar-refractivity contribution in [2.75, 3.05) is 7.11 Å². The molecule has 0 unspecified atom stereocenters. The predicted molar refractivity (Wildman–Crippen MR) is 44.1 cm³/mol. The van der Waals surface area contributed by atoms with Crippen molar-refractivity contribution in [1.82, 2.24) is 0 Å². The highest BCUT2D eigenvalue weighted by Crippen LogP contribution is 2.26. The maximum absolute atomic E-state index is 13.1. The third-order valence-electron chi connectivity index (χ3n) is 1.71. The van der Waals surface area contributed by atoms with Gasteiger partial charge >= 0.3 is 5.97 Å². The molecule has 1 aromatic carbocycles. The first-order chi connectivity index (χ1) is 7.02. The first kappa shape index (κ1) is 10.9. The normalized spacial score (nSPS) is 9.47. The summed E-state index contributed by atoms with van der Waals surface area (Å²) in [6.07, 6.45) is 0. The molecule has 15 heavy (non-hydrogen) atoms. The lowest BCUT2D eigenvalue weighted by atomic mass is 10.1. The van der Waals surface area contributed by atoms with Gasteiger partial charge < -0.3 is 9.84 Å². The summed E-state index contributed by atoms with van der Waals surface area (Å²) in [4.78, 5) is 10.9. The van der Waals surface area contributed by atoms with Crippen LogP contribution in [-0.2, 0) is 4.74 Å². The minimum absolute atomic E-state index is 0.533. The van der Waals surface area contributed by atoms with Gasteiger partial charge in [0.25, 0.3) is 0 Å². The molecule has 0 saturated carbocycles. The fraction of sp³-hybridized carbons (Fsp3) is 0.111. The first-order valence-corrected chi connectivity index (χ1v) is 3.72. The molecule has 4 nitrogen and oxygen atoms in total. The predicted octanol–water partition coefficient (Wildman–Crippen LogP) is 1.33. The van der Waals surface area contributed by atoms with Gasteiger partial charge in [-0.15, -0.1) is 0 Å². The van der Waals surface area contributed by atoms with Crippen LogP contribution in [0.3, 0.4) is 0 Å². The highest BCUT2D eigenvalue weighted by Gasteiger charge is 2.22. The second-order valence-electron chi connectivity index (χ2n) is 2.55. The minimum atomic E-state index is -1.64. The fourth-order valence-corrected chi connectivity index (χ4v) is 0.960. The Bertz CT molecular complexity index is 465. The Labute approximate surface area is 83.3 Å². The van der Waals surface area contributed by atoms with Crippen LogP contribution in [0.15, 0.2) is 6.07 Å². The van der Waals surface area contributed by atoms with Crippen molar-refractivity contribution in [2.24, 2.45) is 0 Å². The fourth-order valence-electron chi connectivity index (χ4n) is 0.960. The standard InChI is InChI=1S/C9H5F2NO3/c1-15-9(14)5-2-4(3-12)8(13)7(11)6(5)10/h2,13H,1H3. The number of ether oxygens (including phenoxy) is 1. The Kier molecular flexibility index (Phi) is 2.85. The molecule has 0 aliphatic heterocycles. The molecule has 1 N–H and O–H groups in total. The second kappa shape index (κ2) is 3.92. The summed E-state index contributed by atoms with van der Waals surface area (Å²) < 4.78 is 30.2. The number of aromatic hydroxyl groups is 1. The molecule has 0 atom stereocenters. The van der Waals surface area contributed by atoms with Crippen LogP contribution in [0, 0.1) is 23.0 Å². The van der Waals surface area contributed by atoms with Crippen molar-refractivity contribution >= 4 is 5.97 Å². The van der Waals surface area contributed by atoms with Gasteiger partial charge in [-0.1, -0.05) is 0 Å². The van der Waals surface area contributed by atoms with E-state index in [9.17, 15) is 13.6 Å². The van der Waals surface area contributed by atoms with Crippen molar-refractivity contribution in [1.29, 1.82) is 5.26 Å². The number of carbonyl (C=O) groups excluding carboxylic acids is 1. The molecule has 0 bridgehead atoms. The summed E-state index contributed by atoms with van der Waals surface area (Å²) in [6.45, 7) is 0. The van der Waals surface area contributed by atoms with Gasteiger partial charge in [-0.25, -0.2) is 9.18 Å². The molecule has 78 valence electrons. The quantitative estimate of drug-likeness (QED) is 0.714. The van der Waals surface area contributed by atoms with E-state index in [0.29, 0.717) is 0 Å². The largest absolute Gasteiger partial charge is 0.504 e. The average molecular weight is 213 g/mol. The average Bonchev–Trinajstić information content (AvgIpc) is 2.25. The molecular formula is C9H5F2NO3. The molecule has 1 aromatic rings. The van der Waals surface area contributed by atoms with Gasteiger partial charge in [0.1, 0.15) is 6.07 Å². The number of phenolic OH excluding ortho intramolecular Hbond substituents is 1. The lowest BCUT2D eigenvalue weighted by molar-refractivity contribution is 0.0594. The summed E-state index contributed by atoms with van der Waals surface area (Å²) in [5, 5.41) is 17.4. The van der Waals surface area contributed by atoms with Crippen LogP contribution in [0.2, 0.25) is 0 Å². The molecule has 0 aliphatic carbocycles. The zero-order valence-electron chi connectivity index (χ0n) is 7.54. The van der Waals surface area contributed by atoms with Crippen molar-refractivity contribution in [3.63, 3.8) is 0 Å². The monoisotopic (exact) mass is 213 g/mol. The van der Waals surface area contributed by atoms with Gasteiger partial charge in [0.15, 0.2) is 11.6 Å². The van der Waals surface area contributed by atoms with E-state index in [1.165, 1.54) is 6.07 Å². The number of esters is 1. The zero-order chi connectivity index (χ0) is 11.6. The minimum Gasteiger partial charge on any atom is -0.504 e. The molecule has 6 heteroatoms. The number of rotatable bonds is 1. The Morgan fingerprint density at radius 1 is 1.53 bits per heavy atom. The number of nitrogens with zero attached hydrogens (tertiary/aromatic N) is 1. The van der Waals surface area contributed by atoms with Crippen LogP contribution in [0.4, 0.5) is 8.78 Å². The molecule has 0 radical (unpaired) electrons. The van der Waals surface area contributed by atoms with Crippen molar-refractivity contribution in [3.8, 4) is 11.8 Å². The van der Waals surface area contributed by atoms with Crippen LogP contribution in [0.5, 0.6) is 5.75 Å². The van der Waals surface area contributed by atoms with E-state index < -0.39 is 34.5 Å². The number of halogens is 2. The highest BCUT2D eigenvalue weighted by atomic mass is 19.2. The van der Waals surface area contributed by atoms with E-state index in [1.807, 2.05) is 0 Å². The molecule has 0 saturated heterocycles. The van der Waals surface area contributed by atoms with Gasteiger partial charge in [0, 0.05) is 0 Å². The first-order valence-electron chi connectivity index (χ1n) is 3.72. The van der Waals surface area contributed by atoms with Crippen LogP contribution in [0.1, 0.15) is 15.9 Å².